The fourth-order valence-corrected chi connectivity index (χ4v) is 5.28. The fraction of sp³-hybridized carbons (Fsp3) is 0.357. The van der Waals surface area contributed by atoms with Gasteiger partial charge in [-0.15, -0.1) is 23.7 Å². The van der Waals surface area contributed by atoms with Gasteiger partial charge in [0.1, 0.15) is 10.7 Å². The minimum atomic E-state index is -0.585. The van der Waals surface area contributed by atoms with E-state index >= 15 is 0 Å². The van der Waals surface area contributed by atoms with E-state index in [1.54, 1.807) is 22.3 Å². The number of aromatic nitrogens is 1. The number of hydrogen-bond acceptors (Lipinski definition) is 8. The van der Waals surface area contributed by atoms with Gasteiger partial charge in [0.15, 0.2) is 0 Å². The molecule has 0 aliphatic carbocycles. The highest BCUT2D eigenvalue weighted by atomic mass is 35.5. The van der Waals surface area contributed by atoms with Gasteiger partial charge in [-0.05, 0) is 36.2 Å². The molecule has 40 heavy (non-hydrogen) atoms. The molecular formula is C28H36ClN7O3S. The monoisotopic (exact) mass is 585 g/mol. The summed E-state index contributed by atoms with van der Waals surface area (Å²) < 4.78 is 0. The number of halogens is 1. The van der Waals surface area contributed by atoms with E-state index in [2.05, 4.69) is 27.8 Å². The Balaban J connectivity index is 0.00000441. The maximum absolute atomic E-state index is 13.5. The average Bonchev–Trinajstić information content (AvgIpc) is 3.58. The highest BCUT2D eigenvalue weighted by Gasteiger charge is 2.27. The number of amides is 3. The van der Waals surface area contributed by atoms with Crippen molar-refractivity contribution in [2.75, 3.05) is 44.7 Å². The molecule has 0 unspecified atom stereocenters. The molecular weight excluding hydrogens is 550 g/mol. The molecule has 0 bridgehead atoms. The van der Waals surface area contributed by atoms with Crippen molar-refractivity contribution in [1.82, 2.24) is 25.6 Å². The van der Waals surface area contributed by atoms with Crippen molar-refractivity contribution in [2.45, 2.75) is 26.9 Å². The van der Waals surface area contributed by atoms with Crippen molar-refractivity contribution in [3.05, 3.63) is 70.2 Å². The van der Waals surface area contributed by atoms with E-state index in [4.69, 9.17) is 5.73 Å². The van der Waals surface area contributed by atoms with Gasteiger partial charge >= 0.3 is 0 Å². The van der Waals surface area contributed by atoms with Gasteiger partial charge in [-0.25, -0.2) is 9.99 Å². The van der Waals surface area contributed by atoms with Crippen LogP contribution in [0.1, 0.15) is 34.1 Å². The van der Waals surface area contributed by atoms with E-state index in [0.717, 1.165) is 23.4 Å². The zero-order chi connectivity index (χ0) is 27.9. The Bertz CT molecular complexity index is 1320. The van der Waals surface area contributed by atoms with Crippen LogP contribution in [-0.2, 0) is 22.7 Å². The zero-order valence-corrected chi connectivity index (χ0v) is 24.6. The molecule has 0 fully saturated rings. The molecule has 3 amide bonds. The van der Waals surface area contributed by atoms with E-state index in [1.165, 1.54) is 22.5 Å². The first-order valence-electron chi connectivity index (χ1n) is 12.9. The molecule has 0 saturated heterocycles. The first-order valence-corrected chi connectivity index (χ1v) is 13.8. The topological polar surface area (TPSA) is 124 Å². The molecule has 3 aromatic rings. The Hall–Kier alpha value is -3.51. The lowest BCUT2D eigenvalue weighted by molar-refractivity contribution is -0.145. The van der Waals surface area contributed by atoms with Gasteiger partial charge in [0.05, 0.1) is 13.1 Å². The van der Waals surface area contributed by atoms with E-state index < -0.39 is 5.91 Å². The lowest BCUT2D eigenvalue weighted by Crippen LogP contribution is -2.48. The number of rotatable bonds is 12. The van der Waals surface area contributed by atoms with Crippen molar-refractivity contribution in [1.29, 1.82) is 0 Å². The van der Waals surface area contributed by atoms with Crippen LogP contribution >= 0.6 is 23.7 Å². The average molecular weight is 586 g/mol. The smallest absolute Gasteiger partial charge is 0.268 e. The van der Waals surface area contributed by atoms with Crippen LogP contribution in [0.4, 0.5) is 5.69 Å². The van der Waals surface area contributed by atoms with Crippen LogP contribution in [0.15, 0.2) is 47.8 Å². The number of carbonyl (C=O) groups excluding carboxylic acids is 3. The van der Waals surface area contributed by atoms with Gasteiger partial charge < -0.3 is 21.3 Å². The summed E-state index contributed by atoms with van der Waals surface area (Å²) in [5.74, 6) is -0.885. The number of hydrogen-bond donors (Lipinski definition) is 3. The predicted octanol–water partition coefficient (Wildman–Crippen LogP) is 2.56. The number of hydrazine groups is 1. The number of thiazole rings is 1. The largest absolute Gasteiger partial charge is 0.364 e. The van der Waals surface area contributed by atoms with E-state index in [1.807, 2.05) is 49.2 Å². The number of carbonyl (C=O) groups is 3. The van der Waals surface area contributed by atoms with Gasteiger partial charge in [0.2, 0.25) is 5.91 Å². The van der Waals surface area contributed by atoms with Gasteiger partial charge in [-0.3, -0.25) is 19.4 Å². The molecule has 2 heterocycles. The summed E-state index contributed by atoms with van der Waals surface area (Å²) in [5.41, 5.74) is 10.4. The summed E-state index contributed by atoms with van der Waals surface area (Å²) in [5, 5.41) is 12.0. The first kappa shape index (κ1) is 31.0. The first-order chi connectivity index (χ1) is 18.8. The summed E-state index contributed by atoms with van der Waals surface area (Å²) in [4.78, 5) is 44.1. The quantitative estimate of drug-likeness (QED) is 0.279. The predicted molar refractivity (Wildman–Crippen MR) is 160 cm³/mol. The zero-order valence-electron chi connectivity index (χ0n) is 23.0. The number of likely N-dealkylation sites (N-methyl/N-ethyl adjacent to an activating group) is 2. The maximum Gasteiger partial charge on any atom is 0.268 e. The second-order valence-electron chi connectivity index (χ2n) is 9.47. The highest BCUT2D eigenvalue weighted by molar-refractivity contribution is 7.13. The molecule has 0 radical (unpaired) electrons. The normalized spacial score (nSPS) is 12.4. The third kappa shape index (κ3) is 7.57. The number of anilines is 1. The lowest BCUT2D eigenvalue weighted by atomic mass is 10.1. The molecule has 10 nitrogen and oxygen atoms in total. The number of nitrogens with two attached hydrogens (primary N) is 1. The van der Waals surface area contributed by atoms with E-state index in [-0.39, 0.29) is 43.0 Å². The van der Waals surface area contributed by atoms with Crippen LogP contribution in [0, 0.1) is 6.92 Å². The minimum Gasteiger partial charge on any atom is -0.364 e. The van der Waals surface area contributed by atoms with Crippen LogP contribution in [0.25, 0.3) is 10.6 Å². The number of fused-ring (bicyclic) bond motifs is 1. The molecule has 0 atom stereocenters. The Kier molecular flexibility index (Phi) is 11.0. The summed E-state index contributed by atoms with van der Waals surface area (Å²) in [6, 6.07) is 13.9. The summed E-state index contributed by atoms with van der Waals surface area (Å²) in [6.45, 7) is 7.28. The Morgan fingerprint density at radius 3 is 2.40 bits per heavy atom. The molecule has 1 aliphatic heterocycles. The van der Waals surface area contributed by atoms with E-state index in [0.29, 0.717) is 31.2 Å². The summed E-state index contributed by atoms with van der Waals surface area (Å²) in [6.07, 6.45) is 0. The number of primary amides is 1. The molecule has 4 rings (SSSR count). The van der Waals surface area contributed by atoms with Crippen molar-refractivity contribution >= 4 is 47.2 Å². The van der Waals surface area contributed by atoms with Crippen LogP contribution in [0.3, 0.4) is 0 Å². The van der Waals surface area contributed by atoms with Crippen LogP contribution in [0.5, 0.6) is 0 Å². The Morgan fingerprint density at radius 2 is 1.77 bits per heavy atom. The highest BCUT2D eigenvalue weighted by Crippen LogP contribution is 2.30. The van der Waals surface area contributed by atoms with Gasteiger partial charge in [0, 0.05) is 49.9 Å². The number of nitrogens with one attached hydrogen (secondary N) is 2. The second kappa shape index (κ2) is 14.2. The lowest BCUT2D eigenvalue weighted by Gasteiger charge is -2.32. The number of aryl methyl sites for hydroxylation is 1. The summed E-state index contributed by atoms with van der Waals surface area (Å²) >= 11 is 1.32. The van der Waals surface area contributed by atoms with Crippen molar-refractivity contribution in [2.24, 2.45) is 5.73 Å². The molecule has 12 heteroatoms. The Labute approximate surface area is 244 Å². The molecule has 2 aromatic carbocycles. The standard InChI is InChI=1S/C28H35N7O3S.ClH/c1-4-30-11-12-31-25(36)16-34(17-26(37)33(3)35-14-21-7-5-6-8-22(21)15-35)24-13-20(10-9-19(24)2)28-32-23(18-39-28)27(29)38;/h5-10,13,18,30H,4,11-12,14-17H2,1-3H3,(H2,29,38)(H,31,36);1H. The SMILES string of the molecule is CCNCCNC(=O)CN(CC(=O)N(C)N1Cc2ccccc2C1)c1cc(-c2nc(C(N)=O)cs2)ccc1C.Cl. The van der Waals surface area contributed by atoms with Crippen molar-refractivity contribution < 1.29 is 14.4 Å². The third-order valence-electron chi connectivity index (χ3n) is 6.70. The van der Waals surface area contributed by atoms with Gasteiger partial charge in [0.25, 0.3) is 11.8 Å². The molecule has 214 valence electrons. The molecule has 0 saturated carbocycles. The Morgan fingerprint density at radius 1 is 1.07 bits per heavy atom. The second-order valence-corrected chi connectivity index (χ2v) is 10.3. The van der Waals surface area contributed by atoms with Crippen LogP contribution in [-0.4, -0.2) is 72.5 Å². The number of benzene rings is 2. The minimum absolute atomic E-state index is 0. The molecule has 1 aliphatic rings. The fourth-order valence-electron chi connectivity index (χ4n) is 4.48. The van der Waals surface area contributed by atoms with Crippen LogP contribution in [0.2, 0.25) is 0 Å². The van der Waals surface area contributed by atoms with Crippen LogP contribution < -0.4 is 21.3 Å². The van der Waals surface area contributed by atoms with Gasteiger partial charge in [-0.2, -0.15) is 0 Å². The maximum atomic E-state index is 13.5. The summed E-state index contributed by atoms with van der Waals surface area (Å²) in [7, 11) is 1.77. The third-order valence-corrected chi connectivity index (χ3v) is 7.59. The van der Waals surface area contributed by atoms with Crippen molar-refractivity contribution in [3.63, 3.8) is 0 Å². The molecule has 0 spiro atoms. The molecule has 1 aromatic heterocycles. The molecule has 4 N–H and O–H groups in total. The number of nitrogens with zero attached hydrogens (tertiary/aromatic N) is 4. The van der Waals surface area contributed by atoms with E-state index in [9.17, 15) is 14.4 Å². The van der Waals surface area contributed by atoms with Gasteiger partial charge in [-0.1, -0.05) is 43.3 Å². The van der Waals surface area contributed by atoms with Crippen molar-refractivity contribution in [3.8, 4) is 10.6 Å².